The molecule has 116 valence electrons. The van der Waals surface area contributed by atoms with E-state index in [1.54, 1.807) is 6.92 Å². The van der Waals surface area contributed by atoms with Crippen LogP contribution < -0.4 is 4.72 Å². The van der Waals surface area contributed by atoms with E-state index in [2.05, 4.69) is 11.6 Å². The molecular formula is C13H23NO4S2. The predicted octanol–water partition coefficient (Wildman–Crippen LogP) is 2.03. The maximum absolute atomic E-state index is 12.1. The van der Waals surface area contributed by atoms with Crippen LogP contribution in [-0.4, -0.2) is 33.3 Å². The second-order valence-electron chi connectivity index (χ2n) is 4.51. The molecule has 0 aliphatic rings. The van der Waals surface area contributed by atoms with Gasteiger partial charge in [0.1, 0.15) is 0 Å². The van der Waals surface area contributed by atoms with E-state index in [9.17, 15) is 8.42 Å². The van der Waals surface area contributed by atoms with E-state index in [0.29, 0.717) is 29.3 Å². The number of aryl methyl sites for hydroxylation is 1. The molecular weight excluding hydrogens is 298 g/mol. The summed E-state index contributed by atoms with van der Waals surface area (Å²) in [6, 6.07) is 1.53. The van der Waals surface area contributed by atoms with Crippen molar-refractivity contribution in [3.8, 4) is 0 Å². The quantitative estimate of drug-likeness (QED) is 0.647. The SMILES string of the molecule is CCCCOCCCNS(=O)(=O)c1cc(CO)sc1C. The minimum Gasteiger partial charge on any atom is -0.391 e. The van der Waals surface area contributed by atoms with Crippen molar-refractivity contribution in [3.05, 3.63) is 15.8 Å². The highest BCUT2D eigenvalue weighted by molar-refractivity contribution is 7.89. The fourth-order valence-corrected chi connectivity index (χ4v) is 4.24. The minimum absolute atomic E-state index is 0.133. The third kappa shape index (κ3) is 5.49. The van der Waals surface area contributed by atoms with Gasteiger partial charge in [-0.3, -0.25) is 0 Å². The van der Waals surface area contributed by atoms with Gasteiger partial charge in [-0.1, -0.05) is 13.3 Å². The van der Waals surface area contributed by atoms with Crippen LogP contribution in [0.25, 0.3) is 0 Å². The number of thiophene rings is 1. The molecule has 0 aromatic carbocycles. The summed E-state index contributed by atoms with van der Waals surface area (Å²) in [5, 5.41) is 9.04. The third-order valence-corrected chi connectivity index (χ3v) is 5.52. The number of hydrogen-bond acceptors (Lipinski definition) is 5. The molecule has 0 saturated carbocycles. The Balaban J connectivity index is 2.40. The second kappa shape index (κ2) is 8.74. The molecule has 1 aromatic heterocycles. The third-order valence-electron chi connectivity index (χ3n) is 2.77. The fourth-order valence-electron chi connectivity index (χ4n) is 1.68. The van der Waals surface area contributed by atoms with Gasteiger partial charge in [0, 0.05) is 29.5 Å². The normalized spacial score (nSPS) is 11.9. The Hall–Kier alpha value is -0.470. The Morgan fingerprint density at radius 1 is 1.35 bits per heavy atom. The zero-order valence-corrected chi connectivity index (χ0v) is 13.6. The molecule has 5 nitrogen and oxygen atoms in total. The van der Waals surface area contributed by atoms with Crippen molar-refractivity contribution >= 4 is 21.4 Å². The van der Waals surface area contributed by atoms with Crippen LogP contribution in [0.2, 0.25) is 0 Å². The largest absolute Gasteiger partial charge is 0.391 e. The van der Waals surface area contributed by atoms with E-state index in [4.69, 9.17) is 9.84 Å². The number of aliphatic hydroxyl groups is 1. The zero-order chi connectivity index (χ0) is 15.0. The summed E-state index contributed by atoms with van der Waals surface area (Å²) in [4.78, 5) is 1.62. The standard InChI is InChI=1S/C13H23NO4S2/c1-3-4-7-18-8-5-6-14-20(16,17)13-9-12(10-15)19-11(13)2/h9,14-15H,3-8,10H2,1-2H3. The van der Waals surface area contributed by atoms with Crippen LogP contribution >= 0.6 is 11.3 Å². The van der Waals surface area contributed by atoms with Gasteiger partial charge < -0.3 is 9.84 Å². The summed E-state index contributed by atoms with van der Waals surface area (Å²) in [6.45, 7) is 5.36. The first-order valence-corrected chi connectivity index (χ1v) is 9.08. The van der Waals surface area contributed by atoms with Crippen LogP contribution in [0.5, 0.6) is 0 Å². The van der Waals surface area contributed by atoms with Crippen molar-refractivity contribution in [2.75, 3.05) is 19.8 Å². The van der Waals surface area contributed by atoms with E-state index < -0.39 is 10.0 Å². The van der Waals surface area contributed by atoms with Gasteiger partial charge in [0.15, 0.2) is 0 Å². The molecule has 1 rings (SSSR count). The summed E-state index contributed by atoms with van der Waals surface area (Å²) in [7, 11) is -3.48. The van der Waals surface area contributed by atoms with Gasteiger partial charge in [0.25, 0.3) is 0 Å². The topological polar surface area (TPSA) is 75.6 Å². The molecule has 2 N–H and O–H groups in total. The first-order valence-electron chi connectivity index (χ1n) is 6.78. The Labute approximate surface area is 125 Å². The maximum atomic E-state index is 12.1. The molecule has 0 radical (unpaired) electrons. The first kappa shape index (κ1) is 17.6. The highest BCUT2D eigenvalue weighted by atomic mass is 32.2. The summed E-state index contributed by atoms with van der Waals surface area (Å²) in [5.74, 6) is 0. The van der Waals surface area contributed by atoms with E-state index >= 15 is 0 Å². The number of hydrogen-bond donors (Lipinski definition) is 2. The highest BCUT2D eigenvalue weighted by Gasteiger charge is 2.19. The van der Waals surface area contributed by atoms with Crippen LogP contribution in [0.4, 0.5) is 0 Å². The highest BCUT2D eigenvalue weighted by Crippen LogP contribution is 2.25. The number of aliphatic hydroxyl groups excluding tert-OH is 1. The summed E-state index contributed by atoms with van der Waals surface area (Å²) in [5.41, 5.74) is 0. The first-order chi connectivity index (χ1) is 9.51. The zero-order valence-electron chi connectivity index (χ0n) is 12.0. The molecule has 0 fully saturated rings. The monoisotopic (exact) mass is 321 g/mol. The van der Waals surface area contributed by atoms with Crippen molar-refractivity contribution in [2.45, 2.75) is 44.6 Å². The van der Waals surface area contributed by atoms with Gasteiger partial charge in [-0.05, 0) is 25.8 Å². The maximum Gasteiger partial charge on any atom is 0.241 e. The van der Waals surface area contributed by atoms with Gasteiger partial charge >= 0.3 is 0 Å². The van der Waals surface area contributed by atoms with Gasteiger partial charge in [-0.15, -0.1) is 11.3 Å². The van der Waals surface area contributed by atoms with Gasteiger partial charge in [0.2, 0.25) is 10.0 Å². The van der Waals surface area contributed by atoms with Gasteiger partial charge in [-0.25, -0.2) is 13.1 Å². The molecule has 20 heavy (non-hydrogen) atoms. The van der Waals surface area contributed by atoms with Crippen LogP contribution in [0.3, 0.4) is 0 Å². The molecule has 0 atom stereocenters. The average Bonchev–Trinajstić information content (AvgIpc) is 2.80. The molecule has 0 aliphatic carbocycles. The molecule has 0 aliphatic heterocycles. The minimum atomic E-state index is -3.48. The molecule has 0 bridgehead atoms. The number of nitrogens with one attached hydrogen (secondary N) is 1. The van der Waals surface area contributed by atoms with Crippen LogP contribution in [-0.2, 0) is 21.4 Å². The van der Waals surface area contributed by atoms with Crippen molar-refractivity contribution in [1.82, 2.24) is 4.72 Å². The van der Waals surface area contributed by atoms with E-state index in [-0.39, 0.29) is 11.5 Å². The second-order valence-corrected chi connectivity index (χ2v) is 7.58. The number of ether oxygens (including phenoxy) is 1. The van der Waals surface area contributed by atoms with Crippen molar-refractivity contribution in [3.63, 3.8) is 0 Å². The van der Waals surface area contributed by atoms with E-state index in [1.807, 2.05) is 0 Å². The lowest BCUT2D eigenvalue weighted by molar-refractivity contribution is 0.130. The van der Waals surface area contributed by atoms with Crippen LogP contribution in [0.15, 0.2) is 11.0 Å². The number of unbranched alkanes of at least 4 members (excludes halogenated alkanes) is 1. The van der Waals surface area contributed by atoms with Crippen molar-refractivity contribution < 1.29 is 18.3 Å². The number of rotatable bonds is 10. The Morgan fingerprint density at radius 2 is 2.05 bits per heavy atom. The number of sulfonamides is 1. The van der Waals surface area contributed by atoms with Crippen LogP contribution in [0, 0.1) is 6.92 Å². The van der Waals surface area contributed by atoms with E-state index in [0.717, 1.165) is 19.4 Å². The molecule has 0 amide bonds. The van der Waals surface area contributed by atoms with Gasteiger partial charge in [0.05, 0.1) is 11.5 Å². The predicted molar refractivity (Wildman–Crippen MR) is 80.5 cm³/mol. The summed E-state index contributed by atoms with van der Waals surface area (Å²) in [6.07, 6.45) is 2.78. The van der Waals surface area contributed by atoms with Crippen molar-refractivity contribution in [1.29, 1.82) is 0 Å². The molecule has 1 aromatic rings. The van der Waals surface area contributed by atoms with Gasteiger partial charge in [-0.2, -0.15) is 0 Å². The molecule has 7 heteroatoms. The smallest absolute Gasteiger partial charge is 0.241 e. The fraction of sp³-hybridized carbons (Fsp3) is 0.692. The Bertz CT molecular complexity index is 496. The molecule has 0 unspecified atom stereocenters. The van der Waals surface area contributed by atoms with Crippen molar-refractivity contribution in [2.24, 2.45) is 0 Å². The molecule has 0 saturated heterocycles. The lowest BCUT2D eigenvalue weighted by atomic mass is 10.4. The van der Waals surface area contributed by atoms with E-state index in [1.165, 1.54) is 17.4 Å². The lowest BCUT2D eigenvalue weighted by Gasteiger charge is -2.06. The lowest BCUT2D eigenvalue weighted by Crippen LogP contribution is -2.25. The Morgan fingerprint density at radius 3 is 2.65 bits per heavy atom. The molecule has 0 spiro atoms. The average molecular weight is 321 g/mol. The summed E-state index contributed by atoms with van der Waals surface area (Å²) >= 11 is 1.30. The Kier molecular flexibility index (Phi) is 7.68. The summed E-state index contributed by atoms with van der Waals surface area (Å²) < 4.78 is 32.1. The van der Waals surface area contributed by atoms with Crippen LogP contribution in [0.1, 0.15) is 35.9 Å². The molecule has 1 heterocycles.